The molecule has 0 aliphatic heterocycles. The fourth-order valence-electron chi connectivity index (χ4n) is 3.86. The van der Waals surface area contributed by atoms with E-state index in [0.29, 0.717) is 30.0 Å². The average molecular weight is 468 g/mol. The summed E-state index contributed by atoms with van der Waals surface area (Å²) in [5, 5.41) is 22.4. The summed E-state index contributed by atoms with van der Waals surface area (Å²) < 4.78 is 27.8. The van der Waals surface area contributed by atoms with Gasteiger partial charge in [0.2, 0.25) is 10.0 Å². The van der Waals surface area contributed by atoms with Crippen LogP contribution >= 0.6 is 0 Å². The molecule has 1 aliphatic carbocycles. The molecule has 172 valence electrons. The Bertz CT molecular complexity index is 1210. The lowest BCUT2D eigenvalue weighted by atomic mass is 10.1. The van der Waals surface area contributed by atoms with E-state index in [0.717, 1.165) is 31.2 Å². The molecule has 1 saturated carbocycles. The van der Waals surface area contributed by atoms with Gasteiger partial charge >= 0.3 is 0 Å². The number of benzene rings is 2. The van der Waals surface area contributed by atoms with Crippen LogP contribution in [0.4, 0.5) is 11.5 Å². The van der Waals surface area contributed by atoms with Gasteiger partial charge in [0.05, 0.1) is 15.5 Å². The SMILES string of the molecule is O=[N+]([O-])c1cccc(-c2ccc(NCCc3ccc(S(=O)(=O)NC4CCCC4)cc3)nn2)c1. The second-order valence-electron chi connectivity index (χ2n) is 8.03. The summed E-state index contributed by atoms with van der Waals surface area (Å²) in [6.07, 6.45) is 4.63. The lowest BCUT2D eigenvalue weighted by Gasteiger charge is -2.13. The first kappa shape index (κ1) is 22.8. The van der Waals surface area contributed by atoms with Crippen molar-refractivity contribution >= 4 is 21.5 Å². The Labute approximate surface area is 192 Å². The summed E-state index contributed by atoms with van der Waals surface area (Å²) in [4.78, 5) is 10.8. The summed E-state index contributed by atoms with van der Waals surface area (Å²) in [5.41, 5.74) is 2.18. The number of hydrogen-bond acceptors (Lipinski definition) is 7. The molecule has 9 nitrogen and oxygen atoms in total. The molecule has 0 amide bonds. The maximum absolute atomic E-state index is 12.5. The standard InChI is InChI=1S/C23H25N5O4S/c29-28(30)20-7-3-4-18(16-20)22-12-13-23(26-25-22)24-15-14-17-8-10-21(11-9-17)33(31,32)27-19-5-1-2-6-19/h3-4,7-13,16,19,27H,1-2,5-6,14-15H2,(H,24,26). The van der Waals surface area contributed by atoms with E-state index in [1.54, 1.807) is 36.4 Å². The Morgan fingerprint density at radius 3 is 2.42 bits per heavy atom. The topological polar surface area (TPSA) is 127 Å². The van der Waals surface area contributed by atoms with Crippen LogP contribution in [-0.4, -0.2) is 36.1 Å². The smallest absolute Gasteiger partial charge is 0.270 e. The van der Waals surface area contributed by atoms with E-state index < -0.39 is 14.9 Å². The summed E-state index contributed by atoms with van der Waals surface area (Å²) in [7, 11) is -3.48. The molecule has 0 atom stereocenters. The van der Waals surface area contributed by atoms with Crippen LogP contribution in [0.5, 0.6) is 0 Å². The fraction of sp³-hybridized carbons (Fsp3) is 0.304. The summed E-state index contributed by atoms with van der Waals surface area (Å²) in [6.45, 7) is 0.595. The van der Waals surface area contributed by atoms with Crippen LogP contribution in [0.15, 0.2) is 65.6 Å². The third-order valence-corrected chi connectivity index (χ3v) is 7.18. The molecule has 2 N–H and O–H groups in total. The fourth-order valence-corrected chi connectivity index (χ4v) is 5.17. The van der Waals surface area contributed by atoms with E-state index >= 15 is 0 Å². The first-order chi connectivity index (χ1) is 15.9. The number of nitro groups is 1. The summed E-state index contributed by atoms with van der Waals surface area (Å²) in [5.74, 6) is 0.587. The Balaban J connectivity index is 1.30. The van der Waals surface area contributed by atoms with E-state index in [1.807, 2.05) is 12.1 Å². The molecule has 33 heavy (non-hydrogen) atoms. The molecule has 1 fully saturated rings. The molecular weight excluding hydrogens is 442 g/mol. The highest BCUT2D eigenvalue weighted by Crippen LogP contribution is 2.23. The highest BCUT2D eigenvalue weighted by Gasteiger charge is 2.22. The minimum atomic E-state index is -3.48. The van der Waals surface area contributed by atoms with Crippen molar-refractivity contribution in [3.05, 3.63) is 76.3 Å². The van der Waals surface area contributed by atoms with Crippen molar-refractivity contribution < 1.29 is 13.3 Å². The largest absolute Gasteiger partial charge is 0.368 e. The molecule has 0 bridgehead atoms. The quantitative estimate of drug-likeness (QED) is 0.360. The van der Waals surface area contributed by atoms with Gasteiger partial charge in [-0.3, -0.25) is 10.1 Å². The second-order valence-corrected chi connectivity index (χ2v) is 9.75. The highest BCUT2D eigenvalue weighted by atomic mass is 32.2. The van der Waals surface area contributed by atoms with Crippen LogP contribution in [-0.2, 0) is 16.4 Å². The first-order valence-electron chi connectivity index (χ1n) is 10.8. The number of nitrogens with zero attached hydrogens (tertiary/aromatic N) is 3. The minimum absolute atomic E-state index is 0.00429. The third-order valence-electron chi connectivity index (χ3n) is 5.65. The van der Waals surface area contributed by atoms with Gasteiger partial charge in [0.25, 0.3) is 5.69 Å². The van der Waals surface area contributed by atoms with Crippen LogP contribution in [0.25, 0.3) is 11.3 Å². The number of aromatic nitrogens is 2. The number of anilines is 1. The van der Waals surface area contributed by atoms with Gasteiger partial charge in [0.1, 0.15) is 5.82 Å². The molecule has 4 rings (SSSR count). The number of hydrogen-bond donors (Lipinski definition) is 2. The van der Waals surface area contributed by atoms with Gasteiger partial charge in [-0.25, -0.2) is 13.1 Å². The maximum Gasteiger partial charge on any atom is 0.270 e. The van der Waals surface area contributed by atoms with Gasteiger partial charge in [-0.1, -0.05) is 37.1 Å². The zero-order valence-electron chi connectivity index (χ0n) is 18.0. The lowest BCUT2D eigenvalue weighted by molar-refractivity contribution is -0.384. The number of sulfonamides is 1. The number of rotatable bonds is 9. The third kappa shape index (κ3) is 5.91. The van der Waals surface area contributed by atoms with E-state index in [9.17, 15) is 18.5 Å². The second kappa shape index (κ2) is 10.1. The molecule has 0 radical (unpaired) electrons. The van der Waals surface area contributed by atoms with Gasteiger partial charge in [-0.05, 0) is 49.1 Å². The van der Waals surface area contributed by atoms with Gasteiger partial charge in [0, 0.05) is 30.3 Å². The Morgan fingerprint density at radius 1 is 1.00 bits per heavy atom. The summed E-state index contributed by atoms with van der Waals surface area (Å²) >= 11 is 0. The summed E-state index contributed by atoms with van der Waals surface area (Å²) in [6, 6.07) is 16.7. The molecule has 1 aromatic heterocycles. The molecule has 1 heterocycles. The number of nitro benzene ring substituents is 1. The van der Waals surface area contributed by atoms with E-state index in [-0.39, 0.29) is 16.6 Å². The van der Waals surface area contributed by atoms with E-state index in [2.05, 4.69) is 20.2 Å². The minimum Gasteiger partial charge on any atom is -0.368 e. The van der Waals surface area contributed by atoms with Crippen LogP contribution in [0, 0.1) is 10.1 Å². The van der Waals surface area contributed by atoms with Crippen molar-refractivity contribution in [3.63, 3.8) is 0 Å². The zero-order chi connectivity index (χ0) is 23.3. The van der Waals surface area contributed by atoms with Gasteiger partial charge in [-0.15, -0.1) is 10.2 Å². The molecule has 3 aromatic rings. The molecule has 10 heteroatoms. The molecule has 2 aromatic carbocycles. The zero-order valence-corrected chi connectivity index (χ0v) is 18.8. The normalized spacial score (nSPS) is 14.3. The molecule has 0 saturated heterocycles. The van der Waals surface area contributed by atoms with Crippen molar-refractivity contribution in [1.29, 1.82) is 0 Å². The van der Waals surface area contributed by atoms with E-state index in [1.165, 1.54) is 12.1 Å². The molecule has 0 unspecified atom stereocenters. The maximum atomic E-state index is 12.5. The van der Waals surface area contributed by atoms with Crippen molar-refractivity contribution in [2.45, 2.75) is 43.0 Å². The van der Waals surface area contributed by atoms with Crippen molar-refractivity contribution in [2.24, 2.45) is 0 Å². The van der Waals surface area contributed by atoms with Crippen LogP contribution in [0.2, 0.25) is 0 Å². The van der Waals surface area contributed by atoms with Crippen molar-refractivity contribution in [3.8, 4) is 11.3 Å². The predicted molar refractivity (Wildman–Crippen MR) is 125 cm³/mol. The highest BCUT2D eigenvalue weighted by molar-refractivity contribution is 7.89. The van der Waals surface area contributed by atoms with Crippen LogP contribution < -0.4 is 10.0 Å². The average Bonchev–Trinajstić information content (AvgIpc) is 3.32. The van der Waals surface area contributed by atoms with Gasteiger partial charge < -0.3 is 5.32 Å². The Kier molecular flexibility index (Phi) is 6.95. The lowest BCUT2D eigenvalue weighted by Crippen LogP contribution is -2.32. The van der Waals surface area contributed by atoms with E-state index in [4.69, 9.17) is 0 Å². The van der Waals surface area contributed by atoms with Crippen molar-refractivity contribution in [1.82, 2.24) is 14.9 Å². The van der Waals surface area contributed by atoms with Crippen LogP contribution in [0.3, 0.4) is 0 Å². The van der Waals surface area contributed by atoms with Gasteiger partial charge in [0.15, 0.2) is 0 Å². The molecule has 0 spiro atoms. The Morgan fingerprint density at radius 2 is 1.76 bits per heavy atom. The first-order valence-corrected chi connectivity index (χ1v) is 12.3. The van der Waals surface area contributed by atoms with Crippen molar-refractivity contribution in [2.75, 3.05) is 11.9 Å². The molecular formula is C23H25N5O4S. The van der Waals surface area contributed by atoms with Crippen LogP contribution in [0.1, 0.15) is 31.2 Å². The predicted octanol–water partition coefficient (Wildman–Crippen LogP) is 3.93. The number of nitrogens with one attached hydrogen (secondary N) is 2. The number of non-ortho nitro benzene ring substituents is 1. The molecule has 1 aliphatic rings. The Hall–Kier alpha value is -3.37. The monoisotopic (exact) mass is 467 g/mol. The van der Waals surface area contributed by atoms with Gasteiger partial charge in [-0.2, -0.15) is 0 Å².